The Kier molecular flexibility index (Phi) is 4.99. The second-order valence-electron chi connectivity index (χ2n) is 6.37. The SMILES string of the molecule is CC(C)(C)OC(=O)C(C)(C)Oc1ccccc1CC(N)=O. The fraction of sp³-hybridized carbons (Fsp3) is 0.500. The maximum atomic E-state index is 12.2. The number of amides is 1. The number of carbonyl (C=O) groups is 2. The van der Waals surface area contributed by atoms with Crippen LogP contribution < -0.4 is 10.5 Å². The van der Waals surface area contributed by atoms with Crippen molar-refractivity contribution in [3.8, 4) is 5.75 Å². The van der Waals surface area contributed by atoms with Crippen LogP contribution in [-0.2, 0) is 20.7 Å². The lowest BCUT2D eigenvalue weighted by Crippen LogP contribution is -2.43. The van der Waals surface area contributed by atoms with Crippen molar-refractivity contribution in [3.63, 3.8) is 0 Å². The average Bonchev–Trinajstić information content (AvgIpc) is 2.28. The Balaban J connectivity index is 2.93. The Morgan fingerprint density at radius 1 is 1.10 bits per heavy atom. The molecule has 5 nitrogen and oxygen atoms in total. The third-order valence-corrected chi connectivity index (χ3v) is 2.59. The molecule has 0 aliphatic rings. The summed E-state index contributed by atoms with van der Waals surface area (Å²) in [5.74, 6) is -0.475. The van der Waals surface area contributed by atoms with Gasteiger partial charge in [-0.2, -0.15) is 0 Å². The number of ether oxygens (including phenoxy) is 2. The summed E-state index contributed by atoms with van der Waals surface area (Å²) in [7, 11) is 0. The lowest BCUT2D eigenvalue weighted by molar-refractivity contribution is -0.170. The van der Waals surface area contributed by atoms with Crippen LogP contribution in [0.3, 0.4) is 0 Å². The van der Waals surface area contributed by atoms with Crippen molar-refractivity contribution >= 4 is 11.9 Å². The van der Waals surface area contributed by atoms with Gasteiger partial charge in [0.05, 0.1) is 6.42 Å². The third-order valence-electron chi connectivity index (χ3n) is 2.59. The molecule has 2 N–H and O–H groups in total. The standard InChI is InChI=1S/C16H23NO4/c1-15(2,3)21-14(19)16(4,5)20-12-9-7-6-8-11(12)10-13(17)18/h6-9H,10H2,1-5H3,(H2,17,18). The number of esters is 1. The topological polar surface area (TPSA) is 78.6 Å². The highest BCUT2D eigenvalue weighted by Gasteiger charge is 2.35. The van der Waals surface area contributed by atoms with Crippen LogP contribution >= 0.6 is 0 Å². The van der Waals surface area contributed by atoms with E-state index in [-0.39, 0.29) is 6.42 Å². The molecule has 0 aromatic heterocycles. The molecular formula is C16H23NO4. The number of nitrogens with two attached hydrogens (primary N) is 1. The minimum Gasteiger partial charge on any atom is -0.476 e. The predicted octanol–water partition coefficient (Wildman–Crippen LogP) is 2.21. The van der Waals surface area contributed by atoms with Gasteiger partial charge in [0, 0.05) is 5.56 Å². The van der Waals surface area contributed by atoms with Crippen LogP contribution in [0.15, 0.2) is 24.3 Å². The van der Waals surface area contributed by atoms with E-state index >= 15 is 0 Å². The van der Waals surface area contributed by atoms with Crippen molar-refractivity contribution < 1.29 is 19.1 Å². The largest absolute Gasteiger partial charge is 0.476 e. The molecular weight excluding hydrogens is 270 g/mol. The van der Waals surface area contributed by atoms with Gasteiger partial charge in [-0.15, -0.1) is 0 Å². The summed E-state index contributed by atoms with van der Waals surface area (Å²) in [5, 5.41) is 0. The first-order valence-corrected chi connectivity index (χ1v) is 6.80. The van der Waals surface area contributed by atoms with Crippen LogP contribution in [0.4, 0.5) is 0 Å². The van der Waals surface area contributed by atoms with Crippen LogP contribution in [-0.4, -0.2) is 23.1 Å². The summed E-state index contributed by atoms with van der Waals surface area (Å²) in [6.45, 7) is 8.64. The van der Waals surface area contributed by atoms with Gasteiger partial charge in [-0.1, -0.05) is 18.2 Å². The van der Waals surface area contributed by atoms with Crippen LogP contribution in [0.5, 0.6) is 5.75 Å². The maximum absolute atomic E-state index is 12.2. The van der Waals surface area contributed by atoms with Gasteiger partial charge in [0.2, 0.25) is 5.91 Å². The number of hydrogen-bond donors (Lipinski definition) is 1. The first-order valence-electron chi connectivity index (χ1n) is 6.80. The van der Waals surface area contributed by atoms with E-state index in [0.29, 0.717) is 11.3 Å². The highest BCUT2D eigenvalue weighted by Crippen LogP contribution is 2.25. The van der Waals surface area contributed by atoms with Crippen molar-refractivity contribution in [1.29, 1.82) is 0 Å². The quantitative estimate of drug-likeness (QED) is 0.844. The highest BCUT2D eigenvalue weighted by molar-refractivity contribution is 5.80. The van der Waals surface area contributed by atoms with E-state index in [0.717, 1.165) is 0 Å². The molecule has 1 aromatic carbocycles. The second-order valence-corrected chi connectivity index (χ2v) is 6.37. The number of hydrogen-bond acceptors (Lipinski definition) is 4. The van der Waals surface area contributed by atoms with Gasteiger partial charge in [0.1, 0.15) is 11.4 Å². The van der Waals surface area contributed by atoms with E-state index in [1.54, 1.807) is 58.9 Å². The van der Waals surface area contributed by atoms with Crippen LogP contribution in [0.1, 0.15) is 40.2 Å². The molecule has 0 spiro atoms. The second kappa shape index (κ2) is 6.16. The third kappa shape index (κ3) is 5.45. The zero-order chi connectivity index (χ0) is 16.3. The molecule has 1 amide bonds. The van der Waals surface area contributed by atoms with E-state index in [2.05, 4.69) is 0 Å². The monoisotopic (exact) mass is 293 g/mol. The molecule has 116 valence electrons. The van der Waals surface area contributed by atoms with E-state index in [1.807, 2.05) is 0 Å². The first-order chi connectivity index (χ1) is 9.51. The van der Waals surface area contributed by atoms with Gasteiger partial charge in [0.15, 0.2) is 5.60 Å². The fourth-order valence-electron chi connectivity index (χ4n) is 1.65. The van der Waals surface area contributed by atoms with E-state index in [9.17, 15) is 9.59 Å². The van der Waals surface area contributed by atoms with Crippen molar-refractivity contribution in [1.82, 2.24) is 0 Å². The van der Waals surface area contributed by atoms with Gasteiger partial charge < -0.3 is 15.2 Å². The first kappa shape index (κ1) is 17.0. The number of benzene rings is 1. The highest BCUT2D eigenvalue weighted by atomic mass is 16.6. The molecule has 0 atom stereocenters. The number of para-hydroxylation sites is 1. The normalized spacial score (nSPS) is 11.9. The molecule has 0 saturated carbocycles. The fourth-order valence-corrected chi connectivity index (χ4v) is 1.65. The molecule has 1 rings (SSSR count). The molecule has 0 unspecified atom stereocenters. The number of primary amides is 1. The van der Waals surface area contributed by atoms with Crippen LogP contribution in [0.2, 0.25) is 0 Å². The summed E-state index contributed by atoms with van der Waals surface area (Å²) in [6, 6.07) is 6.99. The molecule has 1 aromatic rings. The van der Waals surface area contributed by atoms with Gasteiger partial charge in [-0.05, 0) is 40.7 Å². The Morgan fingerprint density at radius 3 is 2.19 bits per heavy atom. The zero-order valence-electron chi connectivity index (χ0n) is 13.2. The lowest BCUT2D eigenvalue weighted by atomic mass is 10.1. The summed E-state index contributed by atoms with van der Waals surface area (Å²) < 4.78 is 11.1. The lowest BCUT2D eigenvalue weighted by Gasteiger charge is -2.29. The molecule has 0 saturated heterocycles. The molecule has 21 heavy (non-hydrogen) atoms. The summed E-state index contributed by atoms with van der Waals surface area (Å²) in [6.07, 6.45) is 0.0561. The number of rotatable bonds is 5. The minimum absolute atomic E-state index is 0.0561. The van der Waals surface area contributed by atoms with Crippen LogP contribution in [0.25, 0.3) is 0 Å². The van der Waals surface area contributed by atoms with Gasteiger partial charge in [-0.25, -0.2) is 4.79 Å². The van der Waals surface area contributed by atoms with E-state index in [1.165, 1.54) is 0 Å². The number of carbonyl (C=O) groups excluding carboxylic acids is 2. The van der Waals surface area contributed by atoms with Crippen LogP contribution in [0, 0.1) is 0 Å². The summed E-state index contributed by atoms with van der Waals surface area (Å²) in [4.78, 5) is 23.3. The molecule has 0 fully saturated rings. The van der Waals surface area contributed by atoms with Gasteiger partial charge in [-0.3, -0.25) is 4.79 Å². The Bertz CT molecular complexity index is 529. The van der Waals surface area contributed by atoms with Gasteiger partial charge in [0.25, 0.3) is 0 Å². The zero-order valence-corrected chi connectivity index (χ0v) is 13.2. The summed E-state index contributed by atoms with van der Waals surface area (Å²) in [5.41, 5.74) is 4.10. The Morgan fingerprint density at radius 2 is 1.67 bits per heavy atom. The predicted molar refractivity (Wildman–Crippen MR) is 79.9 cm³/mol. The molecule has 5 heteroatoms. The van der Waals surface area contributed by atoms with Crippen molar-refractivity contribution in [2.24, 2.45) is 5.73 Å². The van der Waals surface area contributed by atoms with Crippen molar-refractivity contribution in [2.45, 2.75) is 52.2 Å². The van der Waals surface area contributed by atoms with Crippen molar-refractivity contribution in [2.75, 3.05) is 0 Å². The Hall–Kier alpha value is -2.04. The van der Waals surface area contributed by atoms with E-state index < -0.39 is 23.1 Å². The Labute approximate surface area is 125 Å². The molecule has 0 heterocycles. The van der Waals surface area contributed by atoms with Crippen molar-refractivity contribution in [3.05, 3.63) is 29.8 Å². The smallest absolute Gasteiger partial charge is 0.350 e. The molecule has 0 bridgehead atoms. The maximum Gasteiger partial charge on any atom is 0.350 e. The summed E-state index contributed by atoms with van der Waals surface area (Å²) >= 11 is 0. The minimum atomic E-state index is -1.17. The van der Waals surface area contributed by atoms with E-state index in [4.69, 9.17) is 15.2 Å². The molecule has 0 aliphatic heterocycles. The van der Waals surface area contributed by atoms with Gasteiger partial charge >= 0.3 is 5.97 Å². The molecule has 0 aliphatic carbocycles. The molecule has 0 radical (unpaired) electrons. The average molecular weight is 293 g/mol.